The SMILES string of the molecule is C#CCN(Cc1ccco1)C(=O)Nc1ccc(-n2nncc2C(F)(F)F)cc1. The molecule has 2 amide bonds. The normalized spacial score (nSPS) is 11.1. The van der Waals surface area contributed by atoms with E-state index in [1.54, 1.807) is 12.1 Å². The van der Waals surface area contributed by atoms with Crippen LogP contribution in [-0.4, -0.2) is 32.5 Å². The van der Waals surface area contributed by atoms with Crippen molar-refractivity contribution in [1.29, 1.82) is 0 Å². The summed E-state index contributed by atoms with van der Waals surface area (Å²) in [5.41, 5.74) is -0.467. The van der Waals surface area contributed by atoms with Crippen LogP contribution in [0.5, 0.6) is 0 Å². The molecule has 0 spiro atoms. The number of terminal acetylenes is 1. The third-order valence-corrected chi connectivity index (χ3v) is 3.70. The molecule has 10 heteroatoms. The molecule has 1 aromatic carbocycles. The van der Waals surface area contributed by atoms with Gasteiger partial charge < -0.3 is 14.6 Å². The summed E-state index contributed by atoms with van der Waals surface area (Å²) >= 11 is 0. The summed E-state index contributed by atoms with van der Waals surface area (Å²) in [6.07, 6.45) is 2.84. The van der Waals surface area contributed by atoms with Gasteiger partial charge in [0.25, 0.3) is 0 Å². The summed E-state index contributed by atoms with van der Waals surface area (Å²) < 4.78 is 44.7. The van der Waals surface area contributed by atoms with E-state index in [4.69, 9.17) is 10.8 Å². The van der Waals surface area contributed by atoms with E-state index < -0.39 is 17.9 Å². The second kappa shape index (κ2) is 7.87. The minimum atomic E-state index is -4.59. The fourth-order valence-corrected chi connectivity index (χ4v) is 2.41. The van der Waals surface area contributed by atoms with Crippen LogP contribution in [-0.2, 0) is 12.7 Å². The van der Waals surface area contributed by atoms with Crippen molar-refractivity contribution < 1.29 is 22.4 Å². The number of carbonyl (C=O) groups excluding carboxylic acids is 1. The van der Waals surface area contributed by atoms with E-state index in [1.807, 2.05) is 0 Å². The maximum absolute atomic E-state index is 12.9. The molecule has 1 N–H and O–H groups in total. The molecular formula is C18H14F3N5O2. The lowest BCUT2D eigenvalue weighted by atomic mass is 10.2. The molecule has 3 rings (SSSR count). The largest absolute Gasteiger partial charge is 0.467 e. The standard InChI is InChI=1S/C18H14F3N5O2/c1-2-9-25(12-15-4-3-10-28-15)17(27)23-13-5-7-14(8-6-13)26-16(11-22-24-26)18(19,20)21/h1,3-8,10-11H,9,12H2,(H,23,27). The number of amides is 2. The zero-order chi connectivity index (χ0) is 20.1. The molecule has 0 saturated heterocycles. The van der Waals surface area contributed by atoms with Gasteiger partial charge in [-0.15, -0.1) is 11.5 Å². The molecule has 0 unspecified atom stereocenters. The van der Waals surface area contributed by atoms with E-state index in [1.165, 1.54) is 35.4 Å². The summed E-state index contributed by atoms with van der Waals surface area (Å²) in [6.45, 7) is 0.230. The molecule has 0 aliphatic rings. The van der Waals surface area contributed by atoms with Gasteiger partial charge in [-0.05, 0) is 36.4 Å². The van der Waals surface area contributed by atoms with Gasteiger partial charge >= 0.3 is 12.2 Å². The number of halogens is 3. The van der Waals surface area contributed by atoms with Crippen LogP contribution in [0.15, 0.2) is 53.3 Å². The van der Waals surface area contributed by atoms with Crippen LogP contribution in [0.1, 0.15) is 11.5 Å². The summed E-state index contributed by atoms with van der Waals surface area (Å²) in [6, 6.07) is 8.61. The lowest BCUT2D eigenvalue weighted by Gasteiger charge is -2.19. The maximum atomic E-state index is 12.9. The van der Waals surface area contributed by atoms with Crippen molar-refractivity contribution in [2.45, 2.75) is 12.7 Å². The number of rotatable bonds is 5. The first-order chi connectivity index (χ1) is 13.4. The van der Waals surface area contributed by atoms with Gasteiger partial charge in [0.2, 0.25) is 0 Å². The number of hydrogen-bond donors (Lipinski definition) is 1. The molecule has 2 aromatic heterocycles. The van der Waals surface area contributed by atoms with Gasteiger partial charge in [0.05, 0.1) is 31.2 Å². The Morgan fingerprint density at radius 2 is 2.04 bits per heavy atom. The van der Waals surface area contributed by atoms with Crippen molar-refractivity contribution >= 4 is 11.7 Å². The number of hydrogen-bond acceptors (Lipinski definition) is 4. The third-order valence-electron chi connectivity index (χ3n) is 3.70. The van der Waals surface area contributed by atoms with Crippen LogP contribution in [0.2, 0.25) is 0 Å². The quantitative estimate of drug-likeness (QED) is 0.677. The maximum Gasteiger partial charge on any atom is 0.435 e. The van der Waals surface area contributed by atoms with Gasteiger partial charge in [0.1, 0.15) is 5.76 Å². The molecule has 0 aliphatic heterocycles. The van der Waals surface area contributed by atoms with Crippen LogP contribution in [0.3, 0.4) is 0 Å². The van der Waals surface area contributed by atoms with E-state index in [2.05, 4.69) is 21.5 Å². The lowest BCUT2D eigenvalue weighted by molar-refractivity contribution is -0.142. The molecule has 0 fully saturated rings. The number of carbonyl (C=O) groups is 1. The smallest absolute Gasteiger partial charge is 0.435 e. The molecule has 0 atom stereocenters. The number of alkyl halides is 3. The van der Waals surface area contributed by atoms with Crippen molar-refractivity contribution in [1.82, 2.24) is 19.9 Å². The molecule has 7 nitrogen and oxygen atoms in total. The van der Waals surface area contributed by atoms with Crippen molar-refractivity contribution in [2.75, 3.05) is 11.9 Å². The van der Waals surface area contributed by atoms with E-state index in [9.17, 15) is 18.0 Å². The Bertz CT molecular complexity index is 972. The topological polar surface area (TPSA) is 76.2 Å². The summed E-state index contributed by atoms with van der Waals surface area (Å²) in [4.78, 5) is 13.8. The van der Waals surface area contributed by atoms with E-state index >= 15 is 0 Å². The van der Waals surface area contributed by atoms with Crippen LogP contribution in [0.25, 0.3) is 5.69 Å². The van der Waals surface area contributed by atoms with Gasteiger partial charge in [0, 0.05) is 5.69 Å². The van der Waals surface area contributed by atoms with E-state index in [-0.39, 0.29) is 18.8 Å². The molecule has 28 heavy (non-hydrogen) atoms. The van der Waals surface area contributed by atoms with E-state index in [0.29, 0.717) is 22.3 Å². The third kappa shape index (κ3) is 4.32. The van der Waals surface area contributed by atoms with Crippen molar-refractivity contribution in [2.24, 2.45) is 0 Å². The summed E-state index contributed by atoms with van der Waals surface area (Å²) in [7, 11) is 0. The second-order valence-corrected chi connectivity index (χ2v) is 5.65. The first-order valence-electron chi connectivity index (χ1n) is 7.98. The van der Waals surface area contributed by atoms with Crippen LogP contribution >= 0.6 is 0 Å². The van der Waals surface area contributed by atoms with Gasteiger partial charge in [-0.2, -0.15) is 13.2 Å². The number of nitrogens with zero attached hydrogens (tertiary/aromatic N) is 4. The Labute approximate surface area is 157 Å². The van der Waals surface area contributed by atoms with Gasteiger partial charge in [-0.1, -0.05) is 11.1 Å². The van der Waals surface area contributed by atoms with Gasteiger partial charge in [0.15, 0.2) is 5.69 Å². The lowest BCUT2D eigenvalue weighted by Crippen LogP contribution is -2.34. The number of anilines is 1. The predicted molar refractivity (Wildman–Crippen MR) is 93.3 cm³/mol. The average Bonchev–Trinajstić information content (AvgIpc) is 3.33. The first kappa shape index (κ1) is 19.0. The minimum absolute atomic E-state index is 0.0541. The highest BCUT2D eigenvalue weighted by molar-refractivity contribution is 5.89. The number of aromatic nitrogens is 3. The Hall–Kier alpha value is -3.74. The fraction of sp³-hybridized carbons (Fsp3) is 0.167. The highest BCUT2D eigenvalue weighted by atomic mass is 19.4. The fourth-order valence-electron chi connectivity index (χ4n) is 2.41. The summed E-state index contributed by atoms with van der Waals surface area (Å²) in [5.74, 6) is 2.95. The number of nitrogens with one attached hydrogen (secondary N) is 1. The zero-order valence-corrected chi connectivity index (χ0v) is 14.3. The van der Waals surface area contributed by atoms with Crippen molar-refractivity contribution in [3.8, 4) is 18.0 Å². The monoisotopic (exact) mass is 389 g/mol. The Morgan fingerprint density at radius 3 is 2.64 bits per heavy atom. The van der Waals surface area contributed by atoms with Crippen LogP contribution in [0, 0.1) is 12.3 Å². The molecule has 0 radical (unpaired) electrons. The van der Waals surface area contributed by atoms with Crippen LogP contribution < -0.4 is 5.32 Å². The second-order valence-electron chi connectivity index (χ2n) is 5.65. The average molecular weight is 389 g/mol. The number of furan rings is 1. The molecule has 144 valence electrons. The minimum Gasteiger partial charge on any atom is -0.467 e. The predicted octanol–water partition coefficient (Wildman–Crippen LogP) is 3.55. The molecular weight excluding hydrogens is 375 g/mol. The molecule has 0 aliphatic carbocycles. The molecule has 0 bridgehead atoms. The molecule has 3 aromatic rings. The number of urea groups is 1. The first-order valence-corrected chi connectivity index (χ1v) is 7.98. The van der Waals surface area contributed by atoms with Crippen molar-refractivity contribution in [3.05, 3.63) is 60.3 Å². The summed E-state index contributed by atoms with van der Waals surface area (Å²) in [5, 5.41) is 9.40. The molecule has 0 saturated carbocycles. The Kier molecular flexibility index (Phi) is 5.35. The van der Waals surface area contributed by atoms with Gasteiger partial charge in [-0.25, -0.2) is 9.48 Å². The number of benzene rings is 1. The molecule has 2 heterocycles. The van der Waals surface area contributed by atoms with Crippen LogP contribution in [0.4, 0.5) is 23.7 Å². The zero-order valence-electron chi connectivity index (χ0n) is 14.3. The highest BCUT2D eigenvalue weighted by Crippen LogP contribution is 2.30. The van der Waals surface area contributed by atoms with E-state index in [0.717, 1.165) is 0 Å². The van der Waals surface area contributed by atoms with Gasteiger partial charge in [-0.3, -0.25) is 0 Å². The highest BCUT2D eigenvalue weighted by Gasteiger charge is 2.36. The Balaban J connectivity index is 1.72. The Morgan fingerprint density at radius 1 is 1.29 bits per heavy atom. The van der Waals surface area contributed by atoms with Crippen molar-refractivity contribution in [3.63, 3.8) is 0 Å².